The molecule has 2 aromatic rings. The Morgan fingerprint density at radius 1 is 1.45 bits per heavy atom. The number of hydrogen-bond donors (Lipinski definition) is 2. The van der Waals surface area contributed by atoms with Gasteiger partial charge >= 0.3 is 0 Å². The molecule has 1 N–H and O–H groups in total. The van der Waals surface area contributed by atoms with E-state index in [4.69, 9.17) is 0 Å². The lowest BCUT2D eigenvalue weighted by Gasteiger charge is -1.94. The van der Waals surface area contributed by atoms with Crippen LogP contribution in [-0.4, -0.2) is 9.97 Å². The van der Waals surface area contributed by atoms with Crippen molar-refractivity contribution in [2.24, 2.45) is 0 Å². The molecule has 1 heterocycles. The fourth-order valence-corrected chi connectivity index (χ4v) is 1.41. The maximum Gasteiger partial charge on any atom is 0.0932 e. The largest absolute Gasteiger partial charge is 0.345 e. The van der Waals surface area contributed by atoms with Gasteiger partial charge in [-0.2, -0.15) is 12.6 Å². The molecule has 56 valence electrons. The number of thiol groups is 1. The van der Waals surface area contributed by atoms with Gasteiger partial charge in [0, 0.05) is 5.75 Å². The Morgan fingerprint density at radius 3 is 3.18 bits per heavy atom. The van der Waals surface area contributed by atoms with Crippen molar-refractivity contribution < 1.29 is 0 Å². The molecule has 0 aliphatic heterocycles. The van der Waals surface area contributed by atoms with Crippen LogP contribution in [0.5, 0.6) is 0 Å². The fraction of sp³-hybridized carbons (Fsp3) is 0.125. The lowest BCUT2D eigenvalue weighted by atomic mass is 10.2. The number of aromatic amines is 1. The molecular weight excluding hydrogens is 156 g/mol. The Balaban J connectivity index is 2.79. The third kappa shape index (κ3) is 1.01. The molecule has 0 fully saturated rings. The predicted molar refractivity (Wildman–Crippen MR) is 48.8 cm³/mol. The number of nitrogens with zero attached hydrogens (tertiary/aromatic N) is 1. The van der Waals surface area contributed by atoms with Crippen LogP contribution in [0, 0.1) is 0 Å². The van der Waals surface area contributed by atoms with Crippen LogP contribution in [0.1, 0.15) is 5.56 Å². The van der Waals surface area contributed by atoms with Gasteiger partial charge in [-0.05, 0) is 11.6 Å². The maximum atomic E-state index is 4.21. The van der Waals surface area contributed by atoms with Gasteiger partial charge in [0.1, 0.15) is 0 Å². The number of benzene rings is 1. The quantitative estimate of drug-likeness (QED) is 0.620. The SMILES string of the molecule is SCc1cccc2[nH]cnc12. The third-order valence-electron chi connectivity index (χ3n) is 1.70. The summed E-state index contributed by atoms with van der Waals surface area (Å²) in [6.07, 6.45) is 1.71. The van der Waals surface area contributed by atoms with E-state index in [9.17, 15) is 0 Å². The molecule has 0 amide bonds. The van der Waals surface area contributed by atoms with E-state index in [0.29, 0.717) is 0 Å². The van der Waals surface area contributed by atoms with Crippen molar-refractivity contribution in [3.63, 3.8) is 0 Å². The number of fused-ring (bicyclic) bond motifs is 1. The lowest BCUT2D eigenvalue weighted by molar-refractivity contribution is 1.33. The minimum atomic E-state index is 0.738. The molecule has 3 heteroatoms. The van der Waals surface area contributed by atoms with Crippen molar-refractivity contribution in [1.29, 1.82) is 0 Å². The molecule has 11 heavy (non-hydrogen) atoms. The zero-order valence-corrected chi connectivity index (χ0v) is 6.81. The minimum absolute atomic E-state index is 0.738. The molecule has 0 saturated heterocycles. The van der Waals surface area contributed by atoms with Gasteiger partial charge in [0.25, 0.3) is 0 Å². The molecule has 0 spiro atoms. The number of nitrogens with one attached hydrogen (secondary N) is 1. The van der Waals surface area contributed by atoms with Crippen LogP contribution in [0.4, 0.5) is 0 Å². The van der Waals surface area contributed by atoms with Gasteiger partial charge in [0.15, 0.2) is 0 Å². The first-order valence-corrected chi connectivity index (χ1v) is 4.07. The van der Waals surface area contributed by atoms with Crippen LogP contribution in [0.15, 0.2) is 24.5 Å². The van der Waals surface area contributed by atoms with Crippen molar-refractivity contribution in [1.82, 2.24) is 9.97 Å². The Labute approximate surface area is 70.1 Å². The summed E-state index contributed by atoms with van der Waals surface area (Å²) in [5.74, 6) is 0.738. The zero-order valence-electron chi connectivity index (χ0n) is 5.91. The molecule has 0 radical (unpaired) electrons. The topological polar surface area (TPSA) is 28.7 Å². The van der Waals surface area contributed by atoms with Crippen LogP contribution in [0.3, 0.4) is 0 Å². The molecule has 0 aliphatic carbocycles. The smallest absolute Gasteiger partial charge is 0.0932 e. The Bertz CT molecular complexity index is 367. The van der Waals surface area contributed by atoms with Gasteiger partial charge in [-0.25, -0.2) is 4.98 Å². The summed E-state index contributed by atoms with van der Waals surface area (Å²) in [6, 6.07) is 6.05. The third-order valence-corrected chi connectivity index (χ3v) is 2.04. The molecule has 0 atom stereocenters. The Hall–Kier alpha value is -0.960. The van der Waals surface area contributed by atoms with E-state index < -0.39 is 0 Å². The lowest BCUT2D eigenvalue weighted by Crippen LogP contribution is -1.79. The summed E-state index contributed by atoms with van der Waals surface area (Å²) in [6.45, 7) is 0. The second-order valence-corrected chi connectivity index (χ2v) is 2.69. The van der Waals surface area contributed by atoms with E-state index in [2.05, 4.69) is 22.6 Å². The Kier molecular flexibility index (Phi) is 1.58. The van der Waals surface area contributed by atoms with Gasteiger partial charge in [0.2, 0.25) is 0 Å². The van der Waals surface area contributed by atoms with E-state index in [-0.39, 0.29) is 0 Å². The fourth-order valence-electron chi connectivity index (χ4n) is 1.15. The highest BCUT2D eigenvalue weighted by Crippen LogP contribution is 2.15. The molecule has 1 aromatic carbocycles. The van der Waals surface area contributed by atoms with E-state index in [1.165, 1.54) is 5.56 Å². The molecule has 0 aliphatic rings. The molecule has 2 rings (SSSR count). The monoisotopic (exact) mass is 164 g/mol. The standard InChI is InChI=1S/C8H8N2S/c11-4-6-2-1-3-7-8(6)10-5-9-7/h1-3,5,11H,4H2,(H,9,10). The van der Waals surface area contributed by atoms with E-state index in [1.807, 2.05) is 18.2 Å². The highest BCUT2D eigenvalue weighted by atomic mass is 32.1. The van der Waals surface area contributed by atoms with E-state index in [1.54, 1.807) is 6.33 Å². The Morgan fingerprint density at radius 2 is 2.36 bits per heavy atom. The number of H-pyrrole nitrogens is 1. The van der Waals surface area contributed by atoms with Crippen LogP contribution in [-0.2, 0) is 5.75 Å². The molecule has 0 bridgehead atoms. The molecule has 0 saturated carbocycles. The summed E-state index contributed by atoms with van der Waals surface area (Å²) in [5.41, 5.74) is 3.28. The van der Waals surface area contributed by atoms with Gasteiger partial charge in [-0.1, -0.05) is 12.1 Å². The van der Waals surface area contributed by atoms with Crippen molar-refractivity contribution in [3.05, 3.63) is 30.1 Å². The summed E-state index contributed by atoms with van der Waals surface area (Å²) >= 11 is 4.21. The van der Waals surface area contributed by atoms with Gasteiger partial charge in [-0.3, -0.25) is 0 Å². The zero-order chi connectivity index (χ0) is 7.68. The van der Waals surface area contributed by atoms with Gasteiger partial charge in [-0.15, -0.1) is 0 Å². The number of rotatable bonds is 1. The highest BCUT2D eigenvalue weighted by molar-refractivity contribution is 7.79. The first-order valence-electron chi connectivity index (χ1n) is 3.43. The van der Waals surface area contributed by atoms with Crippen molar-refractivity contribution in [3.8, 4) is 0 Å². The van der Waals surface area contributed by atoms with Crippen LogP contribution in [0.25, 0.3) is 11.0 Å². The average molecular weight is 164 g/mol. The second-order valence-electron chi connectivity index (χ2n) is 2.37. The molecule has 0 unspecified atom stereocenters. The van der Waals surface area contributed by atoms with E-state index >= 15 is 0 Å². The van der Waals surface area contributed by atoms with Crippen LogP contribution < -0.4 is 0 Å². The normalized spacial score (nSPS) is 10.6. The van der Waals surface area contributed by atoms with Crippen molar-refractivity contribution in [2.45, 2.75) is 5.75 Å². The van der Waals surface area contributed by atoms with Gasteiger partial charge in [0.05, 0.1) is 17.4 Å². The van der Waals surface area contributed by atoms with Crippen molar-refractivity contribution >= 4 is 23.7 Å². The maximum absolute atomic E-state index is 4.21. The average Bonchev–Trinajstić information content (AvgIpc) is 2.50. The number of imidazole rings is 1. The van der Waals surface area contributed by atoms with Crippen LogP contribution in [0.2, 0.25) is 0 Å². The summed E-state index contributed by atoms with van der Waals surface area (Å²) in [4.78, 5) is 7.23. The highest BCUT2D eigenvalue weighted by Gasteiger charge is 1.99. The van der Waals surface area contributed by atoms with Crippen LogP contribution >= 0.6 is 12.6 Å². The van der Waals surface area contributed by atoms with Crippen molar-refractivity contribution in [2.75, 3.05) is 0 Å². The van der Waals surface area contributed by atoms with Gasteiger partial charge < -0.3 is 4.98 Å². The van der Waals surface area contributed by atoms with E-state index in [0.717, 1.165) is 16.8 Å². The molecular formula is C8H8N2S. The minimum Gasteiger partial charge on any atom is -0.345 e. The first kappa shape index (κ1) is 6.73. The molecule has 2 nitrogen and oxygen atoms in total. The summed E-state index contributed by atoms with van der Waals surface area (Å²) in [7, 11) is 0. The number of hydrogen-bond acceptors (Lipinski definition) is 2. The summed E-state index contributed by atoms with van der Waals surface area (Å²) < 4.78 is 0. The first-order chi connectivity index (χ1) is 5.42. The predicted octanol–water partition coefficient (Wildman–Crippen LogP) is 1.99. The second kappa shape index (κ2) is 2.58. The molecule has 1 aromatic heterocycles. The number of para-hydroxylation sites is 1. The number of aromatic nitrogens is 2. The summed E-state index contributed by atoms with van der Waals surface area (Å²) in [5, 5.41) is 0.